The maximum Gasteiger partial charge on any atom is 0.339 e. The summed E-state index contributed by atoms with van der Waals surface area (Å²) < 4.78 is 17.7. The Morgan fingerprint density at radius 1 is 1.03 bits per heavy atom. The number of nitrogens with one attached hydrogen (secondary N) is 1. The van der Waals surface area contributed by atoms with Gasteiger partial charge in [-0.1, -0.05) is 30.3 Å². The molecule has 176 valence electrons. The van der Waals surface area contributed by atoms with Crippen molar-refractivity contribution in [3.63, 3.8) is 0 Å². The van der Waals surface area contributed by atoms with Gasteiger partial charge in [-0.2, -0.15) is 0 Å². The minimum Gasteiger partial charge on any atom is -0.494 e. The van der Waals surface area contributed by atoms with E-state index in [-0.39, 0.29) is 18.3 Å². The third-order valence-electron chi connectivity index (χ3n) is 6.53. The predicted molar refractivity (Wildman–Crippen MR) is 129 cm³/mol. The molecule has 1 N–H and O–H groups in total. The lowest BCUT2D eigenvalue weighted by atomic mass is 9.91. The molecule has 0 saturated heterocycles. The molecule has 2 aliphatic rings. The number of fused-ring (bicyclic) bond motifs is 3. The van der Waals surface area contributed by atoms with Crippen LogP contribution in [0.2, 0.25) is 0 Å². The molecule has 1 aliphatic heterocycles. The zero-order chi connectivity index (χ0) is 23.7. The molecule has 1 aliphatic carbocycles. The first-order chi connectivity index (χ1) is 16.6. The molecule has 0 radical (unpaired) electrons. The summed E-state index contributed by atoms with van der Waals surface area (Å²) in [5.74, 6) is 1.21. The predicted octanol–water partition coefficient (Wildman–Crippen LogP) is 4.70. The van der Waals surface area contributed by atoms with E-state index in [4.69, 9.17) is 13.9 Å². The van der Waals surface area contributed by atoms with E-state index < -0.39 is 6.04 Å². The second-order valence-corrected chi connectivity index (χ2v) is 8.60. The highest BCUT2D eigenvalue weighted by atomic mass is 16.5. The van der Waals surface area contributed by atoms with Crippen LogP contribution in [0.4, 0.5) is 4.79 Å². The van der Waals surface area contributed by atoms with E-state index >= 15 is 0 Å². The van der Waals surface area contributed by atoms with Crippen molar-refractivity contribution in [2.24, 2.45) is 0 Å². The summed E-state index contributed by atoms with van der Waals surface area (Å²) in [5, 5.41) is 3.97. The molecule has 1 atom stereocenters. The van der Waals surface area contributed by atoms with E-state index in [0.29, 0.717) is 29.4 Å². The molecule has 3 aromatic rings. The summed E-state index contributed by atoms with van der Waals surface area (Å²) in [6.45, 7) is 2.50. The Kier molecular flexibility index (Phi) is 6.01. The average molecular weight is 461 g/mol. The zero-order valence-electron chi connectivity index (χ0n) is 19.4. The van der Waals surface area contributed by atoms with Gasteiger partial charge >= 0.3 is 11.7 Å². The second-order valence-electron chi connectivity index (χ2n) is 8.60. The number of carbonyl (C=O) groups excluding carboxylic acids is 1. The molecular weight excluding hydrogens is 432 g/mol. The van der Waals surface area contributed by atoms with Gasteiger partial charge in [-0.25, -0.2) is 9.59 Å². The van der Waals surface area contributed by atoms with Gasteiger partial charge in [-0.15, -0.1) is 0 Å². The quantitative estimate of drug-likeness (QED) is 0.540. The lowest BCUT2D eigenvalue weighted by Gasteiger charge is -2.34. The van der Waals surface area contributed by atoms with Crippen molar-refractivity contribution in [3.8, 4) is 5.75 Å². The van der Waals surface area contributed by atoms with Crippen LogP contribution < -0.4 is 15.7 Å². The van der Waals surface area contributed by atoms with Crippen LogP contribution in [0.5, 0.6) is 5.75 Å². The third kappa shape index (κ3) is 4.02. The van der Waals surface area contributed by atoms with Crippen molar-refractivity contribution in [1.29, 1.82) is 0 Å². The number of hydrogen-bond donors (Lipinski definition) is 1. The molecular formula is C27H28N2O5. The summed E-state index contributed by atoms with van der Waals surface area (Å²) in [6, 6.07) is 14.7. The van der Waals surface area contributed by atoms with Gasteiger partial charge in [0.2, 0.25) is 0 Å². The van der Waals surface area contributed by atoms with Crippen LogP contribution in [0.25, 0.3) is 11.0 Å². The highest BCUT2D eigenvalue weighted by molar-refractivity contribution is 5.83. The Bertz CT molecular complexity index is 1310. The van der Waals surface area contributed by atoms with Crippen LogP contribution in [0.3, 0.4) is 0 Å². The fourth-order valence-electron chi connectivity index (χ4n) is 4.78. The Balaban J connectivity index is 1.47. The molecule has 5 rings (SSSR count). The monoisotopic (exact) mass is 460 g/mol. The molecule has 2 aromatic carbocycles. The maximum atomic E-state index is 12.7. The van der Waals surface area contributed by atoms with E-state index in [9.17, 15) is 9.59 Å². The molecule has 34 heavy (non-hydrogen) atoms. The molecule has 2 heterocycles. The summed E-state index contributed by atoms with van der Waals surface area (Å²) in [4.78, 5) is 26.7. The fourth-order valence-corrected chi connectivity index (χ4v) is 4.78. The summed E-state index contributed by atoms with van der Waals surface area (Å²) in [7, 11) is 1.69. The smallest absolute Gasteiger partial charge is 0.339 e. The lowest BCUT2D eigenvalue weighted by Crippen LogP contribution is -2.46. The Hall–Kier alpha value is -3.74. The van der Waals surface area contributed by atoms with Gasteiger partial charge in [-0.3, -0.25) is 4.90 Å². The number of urea groups is 1. The molecule has 0 saturated carbocycles. The number of rotatable bonds is 6. The number of likely N-dealkylation sites (N-methyl/N-ethyl adjacent to an activating group) is 1. The van der Waals surface area contributed by atoms with Gasteiger partial charge in [0.1, 0.15) is 35.4 Å². The Labute approximate surface area is 198 Å². The third-order valence-corrected chi connectivity index (χ3v) is 6.53. The van der Waals surface area contributed by atoms with E-state index in [0.717, 1.165) is 47.8 Å². The summed E-state index contributed by atoms with van der Waals surface area (Å²) >= 11 is 0. The highest BCUT2D eigenvalue weighted by Gasteiger charge is 2.33. The van der Waals surface area contributed by atoms with Crippen molar-refractivity contribution < 1.29 is 18.7 Å². The first kappa shape index (κ1) is 22.1. The normalized spacial score (nSPS) is 18.0. The summed E-state index contributed by atoms with van der Waals surface area (Å²) in [5.41, 5.74) is 3.75. The van der Waals surface area contributed by atoms with Crippen LogP contribution in [0, 0.1) is 0 Å². The first-order valence-electron chi connectivity index (χ1n) is 11.7. The Morgan fingerprint density at radius 2 is 1.79 bits per heavy atom. The van der Waals surface area contributed by atoms with Crippen LogP contribution in [0.15, 0.2) is 69.2 Å². The number of nitrogens with zero attached hydrogens (tertiary/aromatic N) is 1. The first-order valence-corrected chi connectivity index (χ1v) is 11.7. The van der Waals surface area contributed by atoms with Gasteiger partial charge in [0.05, 0.1) is 6.61 Å². The highest BCUT2D eigenvalue weighted by Crippen LogP contribution is 2.32. The van der Waals surface area contributed by atoms with Gasteiger partial charge in [0.15, 0.2) is 0 Å². The number of ether oxygens (including phenoxy) is 2. The fraction of sp³-hybridized carbons (Fsp3) is 0.333. The number of carbonyl (C=O) groups is 1. The molecule has 0 spiro atoms. The van der Waals surface area contributed by atoms with Crippen LogP contribution in [-0.4, -0.2) is 31.2 Å². The minimum absolute atomic E-state index is 0.128. The van der Waals surface area contributed by atoms with Crippen molar-refractivity contribution >= 4 is 17.0 Å². The molecule has 7 heteroatoms. The maximum absolute atomic E-state index is 12.7. The van der Waals surface area contributed by atoms with Crippen LogP contribution in [0.1, 0.15) is 42.5 Å². The van der Waals surface area contributed by atoms with E-state index in [1.165, 1.54) is 4.90 Å². The zero-order valence-corrected chi connectivity index (χ0v) is 19.4. The molecule has 7 nitrogen and oxygen atoms in total. The van der Waals surface area contributed by atoms with E-state index in [1.54, 1.807) is 13.1 Å². The number of amides is 2. The van der Waals surface area contributed by atoms with Crippen LogP contribution in [-0.2, 0) is 17.6 Å². The molecule has 2 amide bonds. The molecule has 0 fully saturated rings. The largest absolute Gasteiger partial charge is 0.494 e. The average Bonchev–Trinajstić information content (AvgIpc) is 2.86. The van der Waals surface area contributed by atoms with Gasteiger partial charge in [0, 0.05) is 24.1 Å². The van der Waals surface area contributed by atoms with Crippen molar-refractivity contribution in [3.05, 3.63) is 87.1 Å². The second kappa shape index (κ2) is 9.25. The van der Waals surface area contributed by atoms with Crippen molar-refractivity contribution in [2.75, 3.05) is 20.3 Å². The number of hydrogen-bond acceptors (Lipinski definition) is 5. The molecule has 1 aromatic heterocycles. The van der Waals surface area contributed by atoms with E-state index in [2.05, 4.69) is 5.32 Å². The standard InChI is InChI=1S/C27H28N2O5/c1-3-32-25-22(29(2)27(31)28-24(25)17-9-5-4-6-10-17)16-33-18-13-14-20-19-11-7-8-12-21(19)26(30)34-23(20)15-18/h4-6,9-10,13-15,24H,3,7-8,11-12,16H2,1-2H3,(H,28,31)/t24-/m1/s1. The number of aryl methyl sites for hydroxylation is 1. The molecule has 0 unspecified atom stereocenters. The SMILES string of the molecule is CCOC1=C(COc2ccc3c4c(c(=O)oc3c2)CCCC4)N(C)C(=O)N[C@@H]1c1ccccc1. The Morgan fingerprint density at radius 3 is 2.56 bits per heavy atom. The van der Waals surface area contributed by atoms with Crippen molar-refractivity contribution in [2.45, 2.75) is 38.6 Å². The minimum atomic E-state index is -0.399. The van der Waals surface area contributed by atoms with Crippen molar-refractivity contribution in [1.82, 2.24) is 10.2 Å². The lowest BCUT2D eigenvalue weighted by molar-refractivity contribution is 0.149. The number of benzene rings is 2. The topological polar surface area (TPSA) is 81.0 Å². The van der Waals surface area contributed by atoms with Gasteiger partial charge in [-0.05, 0) is 55.9 Å². The van der Waals surface area contributed by atoms with Crippen LogP contribution >= 0.6 is 0 Å². The van der Waals surface area contributed by atoms with Gasteiger partial charge < -0.3 is 19.2 Å². The van der Waals surface area contributed by atoms with Gasteiger partial charge in [0.25, 0.3) is 0 Å². The van der Waals surface area contributed by atoms with E-state index in [1.807, 2.05) is 49.4 Å². The summed E-state index contributed by atoms with van der Waals surface area (Å²) in [6.07, 6.45) is 3.77. The molecule has 0 bridgehead atoms.